The van der Waals surface area contributed by atoms with Gasteiger partial charge >= 0.3 is 0 Å². The average Bonchev–Trinajstić information content (AvgIpc) is 2.67. The summed E-state index contributed by atoms with van der Waals surface area (Å²) >= 11 is 0. The lowest BCUT2D eigenvalue weighted by atomic mass is 10.1. The van der Waals surface area contributed by atoms with E-state index in [9.17, 15) is 15.4 Å². The number of nitrogens with one attached hydrogen (secondary N) is 1. The number of anilines is 2. The first kappa shape index (κ1) is 14.0. The Morgan fingerprint density at radius 3 is 2.63 bits per heavy atom. The van der Waals surface area contributed by atoms with Gasteiger partial charge in [0.1, 0.15) is 18.3 Å². The Bertz CT molecular complexity index is 429. The Morgan fingerprint density at radius 2 is 2.05 bits per heavy atom. The average molecular weight is 271 g/mol. The van der Waals surface area contributed by atoms with Crippen LogP contribution in [0.5, 0.6) is 0 Å². The largest absolute Gasteiger partial charge is 0.733 e. The van der Waals surface area contributed by atoms with Crippen molar-refractivity contribution in [2.45, 2.75) is 24.5 Å². The summed E-state index contributed by atoms with van der Waals surface area (Å²) < 4.78 is 5.22. The highest BCUT2D eigenvalue weighted by Crippen LogP contribution is 2.24. The van der Waals surface area contributed by atoms with E-state index < -0.39 is 31.1 Å². The molecule has 0 unspecified atom stereocenters. The van der Waals surface area contributed by atoms with Crippen molar-refractivity contribution in [3.8, 4) is 0 Å². The second-order valence-corrected chi connectivity index (χ2v) is 4.23. The highest BCUT2D eigenvalue weighted by Gasteiger charge is 2.42. The van der Waals surface area contributed by atoms with E-state index in [1.165, 1.54) is 18.2 Å². The highest BCUT2D eigenvalue weighted by atomic mass is 16.8. The summed E-state index contributed by atoms with van der Waals surface area (Å²) in [4.78, 5) is 0. The molecule has 1 aromatic carbocycles. The maximum Gasteiger partial charge on any atom is 0.157 e. The predicted molar refractivity (Wildman–Crippen MR) is 65.5 cm³/mol. The molecule has 0 saturated carbocycles. The third kappa shape index (κ3) is 2.95. The quantitative estimate of drug-likeness (QED) is 0.452. The standard InChI is InChI=1S/C11H15N2O6/c14-5-8-9(15)10(16)11(19-8)12-6-2-1-3-7(4-6)13(17)18/h1-4,8-12,14-17H,5H2/q-1/t8-,9-,10-,11-/m1/s1. The van der Waals surface area contributed by atoms with Gasteiger partial charge in [-0.15, -0.1) is 0 Å². The summed E-state index contributed by atoms with van der Waals surface area (Å²) in [6.07, 6.45) is -4.19. The molecule has 0 radical (unpaired) electrons. The smallest absolute Gasteiger partial charge is 0.157 e. The van der Waals surface area contributed by atoms with Crippen molar-refractivity contribution in [3.05, 3.63) is 29.5 Å². The van der Waals surface area contributed by atoms with Crippen LogP contribution in [0.3, 0.4) is 0 Å². The van der Waals surface area contributed by atoms with Crippen molar-refractivity contribution in [1.29, 1.82) is 0 Å². The van der Waals surface area contributed by atoms with Gasteiger partial charge in [-0.05, 0) is 18.2 Å². The zero-order valence-electron chi connectivity index (χ0n) is 9.88. The molecule has 0 amide bonds. The molecule has 19 heavy (non-hydrogen) atoms. The number of hydrogen-bond acceptors (Lipinski definition) is 8. The molecule has 1 aliphatic heterocycles. The monoisotopic (exact) mass is 271 g/mol. The van der Waals surface area contributed by atoms with Crippen LogP contribution in [0.2, 0.25) is 0 Å². The fourth-order valence-electron chi connectivity index (χ4n) is 1.90. The summed E-state index contributed by atoms with van der Waals surface area (Å²) in [7, 11) is 0. The van der Waals surface area contributed by atoms with Crippen LogP contribution in [0.25, 0.3) is 0 Å². The van der Waals surface area contributed by atoms with Gasteiger partial charge in [-0.2, -0.15) is 0 Å². The summed E-state index contributed by atoms with van der Waals surface area (Å²) in [6, 6.07) is 5.87. The Balaban J connectivity index is 2.07. The van der Waals surface area contributed by atoms with Crippen molar-refractivity contribution in [1.82, 2.24) is 0 Å². The molecule has 1 heterocycles. The van der Waals surface area contributed by atoms with E-state index in [0.29, 0.717) is 5.69 Å². The lowest BCUT2D eigenvalue weighted by molar-refractivity contribution is -0.0153. The van der Waals surface area contributed by atoms with Crippen molar-refractivity contribution in [2.24, 2.45) is 0 Å². The van der Waals surface area contributed by atoms with E-state index in [1.54, 1.807) is 6.07 Å². The number of ether oxygens (including phenoxy) is 1. The molecule has 4 atom stereocenters. The van der Waals surface area contributed by atoms with Crippen LogP contribution in [0.4, 0.5) is 11.4 Å². The van der Waals surface area contributed by atoms with Gasteiger partial charge in [0.25, 0.3) is 0 Å². The minimum Gasteiger partial charge on any atom is -0.733 e. The van der Waals surface area contributed by atoms with Crippen LogP contribution in [0.1, 0.15) is 0 Å². The molecule has 1 saturated heterocycles. The molecular formula is C11H15N2O6-. The Morgan fingerprint density at radius 1 is 1.32 bits per heavy atom. The van der Waals surface area contributed by atoms with Crippen molar-refractivity contribution in [3.63, 3.8) is 0 Å². The number of rotatable bonds is 4. The Kier molecular flexibility index (Phi) is 4.20. The van der Waals surface area contributed by atoms with Gasteiger partial charge in [-0.3, -0.25) is 5.21 Å². The molecular weight excluding hydrogens is 256 g/mol. The molecule has 1 aromatic rings. The molecule has 8 nitrogen and oxygen atoms in total. The third-order valence-corrected chi connectivity index (χ3v) is 2.92. The minimum absolute atomic E-state index is 0.0109. The van der Waals surface area contributed by atoms with Gasteiger partial charge in [-0.1, -0.05) is 6.07 Å². The second-order valence-electron chi connectivity index (χ2n) is 4.23. The molecule has 2 rings (SSSR count). The van der Waals surface area contributed by atoms with Gasteiger partial charge in [0.15, 0.2) is 6.23 Å². The SMILES string of the molecule is [O-]N(O)c1cccc(N[C@@H]2O[C@H](CO)[C@@H](O)[C@H]2O)c1. The molecule has 1 aliphatic rings. The van der Waals surface area contributed by atoms with Crippen LogP contribution in [-0.4, -0.2) is 51.7 Å². The van der Waals surface area contributed by atoms with E-state index in [4.69, 9.17) is 15.1 Å². The van der Waals surface area contributed by atoms with Gasteiger partial charge in [0.05, 0.1) is 12.3 Å². The van der Waals surface area contributed by atoms with Crippen LogP contribution < -0.4 is 10.5 Å². The van der Waals surface area contributed by atoms with E-state index in [1.807, 2.05) is 0 Å². The molecule has 0 aromatic heterocycles. The summed E-state index contributed by atoms with van der Waals surface area (Å²) in [6.45, 7) is -0.415. The number of nitrogens with zero attached hydrogens (tertiary/aromatic N) is 1. The van der Waals surface area contributed by atoms with Gasteiger partial charge in [-0.25, -0.2) is 0 Å². The van der Waals surface area contributed by atoms with E-state index in [-0.39, 0.29) is 10.9 Å². The maximum atomic E-state index is 10.7. The van der Waals surface area contributed by atoms with Crippen LogP contribution in [-0.2, 0) is 4.74 Å². The Labute approximate surface area is 109 Å². The van der Waals surface area contributed by atoms with Crippen molar-refractivity contribution >= 4 is 11.4 Å². The highest BCUT2D eigenvalue weighted by molar-refractivity contribution is 5.57. The summed E-state index contributed by atoms with van der Waals surface area (Å²) in [5.74, 6) is 0. The number of hydrogen-bond donors (Lipinski definition) is 5. The van der Waals surface area contributed by atoms with Crippen LogP contribution >= 0.6 is 0 Å². The first-order valence-corrected chi connectivity index (χ1v) is 5.68. The number of benzene rings is 1. The fraction of sp³-hybridized carbons (Fsp3) is 0.455. The first-order valence-electron chi connectivity index (χ1n) is 5.68. The third-order valence-electron chi connectivity index (χ3n) is 2.92. The second kappa shape index (κ2) is 5.70. The zero-order chi connectivity index (χ0) is 14.0. The molecule has 0 bridgehead atoms. The minimum atomic E-state index is -1.21. The molecule has 1 fully saturated rings. The lowest BCUT2D eigenvalue weighted by Gasteiger charge is -2.23. The van der Waals surface area contributed by atoms with Crippen LogP contribution in [0, 0.1) is 5.21 Å². The molecule has 8 heteroatoms. The van der Waals surface area contributed by atoms with Gasteiger partial charge in [0.2, 0.25) is 0 Å². The normalized spacial score (nSPS) is 30.4. The number of aliphatic hydroxyl groups is 3. The summed E-state index contributed by atoms with van der Waals surface area (Å²) in [5.41, 5.74) is 0.430. The van der Waals surface area contributed by atoms with E-state index >= 15 is 0 Å². The Hall–Kier alpha value is -1.42. The van der Waals surface area contributed by atoms with Crippen molar-refractivity contribution in [2.75, 3.05) is 17.2 Å². The van der Waals surface area contributed by atoms with Gasteiger partial charge < -0.3 is 35.8 Å². The van der Waals surface area contributed by atoms with Crippen molar-refractivity contribution < 1.29 is 25.3 Å². The van der Waals surface area contributed by atoms with E-state index in [2.05, 4.69) is 5.32 Å². The number of aliphatic hydroxyl groups excluding tert-OH is 3. The first-order chi connectivity index (χ1) is 9.02. The summed E-state index contributed by atoms with van der Waals surface area (Å²) in [5, 5.41) is 50.2. The lowest BCUT2D eigenvalue weighted by Crippen LogP contribution is -2.36. The molecule has 0 spiro atoms. The predicted octanol–water partition coefficient (Wildman–Crippen LogP) is -0.769. The molecule has 106 valence electrons. The fourth-order valence-corrected chi connectivity index (χ4v) is 1.90. The zero-order valence-corrected chi connectivity index (χ0v) is 9.88. The topological polar surface area (TPSA) is 128 Å². The maximum absolute atomic E-state index is 10.7. The van der Waals surface area contributed by atoms with Gasteiger partial charge in [0, 0.05) is 5.69 Å². The molecule has 5 N–H and O–H groups in total. The molecule has 0 aliphatic carbocycles. The van der Waals surface area contributed by atoms with Crippen LogP contribution in [0.15, 0.2) is 24.3 Å². The van der Waals surface area contributed by atoms with E-state index in [0.717, 1.165) is 0 Å².